The Hall–Kier alpha value is -1.61. The van der Waals surface area contributed by atoms with Gasteiger partial charge in [-0.3, -0.25) is 4.79 Å². The molecule has 7 nitrogen and oxygen atoms in total. The maximum Gasteiger partial charge on any atom is 0.187 e. The van der Waals surface area contributed by atoms with E-state index in [-0.39, 0.29) is 34.6 Å². The number of benzene rings is 1. The van der Waals surface area contributed by atoms with E-state index in [4.69, 9.17) is 9.47 Å². The lowest BCUT2D eigenvalue weighted by Gasteiger charge is -2.62. The van der Waals surface area contributed by atoms with E-state index in [0.717, 1.165) is 56.9 Å². The molecular weight excluding hydrogens is 508 g/mol. The van der Waals surface area contributed by atoms with Crippen LogP contribution in [-0.2, 0) is 9.47 Å². The molecule has 0 aromatic heterocycles. The molecule has 40 heavy (non-hydrogen) atoms. The Labute approximate surface area is 237 Å². The molecule has 1 aromatic carbocycles. The minimum absolute atomic E-state index is 0.0124. The molecule has 0 radical (unpaired) electrons. The average Bonchev–Trinajstić information content (AvgIpc) is 3.21. The van der Waals surface area contributed by atoms with Gasteiger partial charge in [-0.25, -0.2) is 0 Å². The highest BCUT2D eigenvalue weighted by Gasteiger charge is 2.66. The van der Waals surface area contributed by atoms with Gasteiger partial charge in [-0.2, -0.15) is 0 Å². The first-order chi connectivity index (χ1) is 18.9. The van der Waals surface area contributed by atoms with Gasteiger partial charge in [-0.05, 0) is 100 Å². The summed E-state index contributed by atoms with van der Waals surface area (Å²) >= 11 is 0. The topological polar surface area (TPSA) is 116 Å². The number of aliphatic hydroxyl groups excluding tert-OH is 3. The van der Waals surface area contributed by atoms with Crippen molar-refractivity contribution in [1.29, 1.82) is 0 Å². The van der Waals surface area contributed by atoms with E-state index in [1.165, 1.54) is 11.1 Å². The van der Waals surface area contributed by atoms with Crippen molar-refractivity contribution in [3.63, 3.8) is 0 Å². The number of hydrogen-bond donors (Lipinski definition) is 4. The summed E-state index contributed by atoms with van der Waals surface area (Å²) in [6, 6.07) is 8.06. The maximum atomic E-state index is 12.5. The number of ether oxygens (including phenoxy) is 2. The van der Waals surface area contributed by atoms with Gasteiger partial charge in [0.15, 0.2) is 12.1 Å². The summed E-state index contributed by atoms with van der Waals surface area (Å²) in [5.74, 6) is 0.941. The van der Waals surface area contributed by atoms with Crippen LogP contribution >= 0.6 is 0 Å². The minimum Gasteiger partial charge on any atom is -0.389 e. The molecule has 0 bridgehead atoms. The predicted octanol–water partition coefficient (Wildman–Crippen LogP) is 4.26. The zero-order valence-electron chi connectivity index (χ0n) is 24.3. The Morgan fingerprint density at radius 2 is 1.75 bits per heavy atom. The highest BCUT2D eigenvalue weighted by atomic mass is 16.7. The van der Waals surface area contributed by atoms with Crippen molar-refractivity contribution >= 4 is 5.78 Å². The third kappa shape index (κ3) is 4.18. The van der Waals surface area contributed by atoms with Gasteiger partial charge in [0.2, 0.25) is 0 Å². The minimum atomic E-state index is -1.30. The van der Waals surface area contributed by atoms with Gasteiger partial charge in [0.05, 0.1) is 17.8 Å². The molecule has 1 aliphatic heterocycles. The van der Waals surface area contributed by atoms with Crippen LogP contribution in [0.3, 0.4) is 0 Å². The highest BCUT2D eigenvalue weighted by molar-refractivity contribution is 5.94. The number of carbonyl (C=O) groups is 1. The number of Topliss-reactive ketones (excluding diaryl/α,β-unsaturated/α-hetero) is 1. The van der Waals surface area contributed by atoms with Crippen molar-refractivity contribution in [3.05, 3.63) is 47.0 Å². The zero-order valence-corrected chi connectivity index (χ0v) is 24.3. The first-order valence-corrected chi connectivity index (χ1v) is 15.3. The summed E-state index contributed by atoms with van der Waals surface area (Å²) in [4.78, 5) is 12.1. The molecule has 4 fully saturated rings. The van der Waals surface area contributed by atoms with E-state index in [9.17, 15) is 25.2 Å². The fourth-order valence-corrected chi connectivity index (χ4v) is 9.58. The number of rotatable bonds is 4. The van der Waals surface area contributed by atoms with Gasteiger partial charge in [0, 0.05) is 11.0 Å². The Kier molecular flexibility index (Phi) is 7.12. The van der Waals surface area contributed by atoms with E-state index in [2.05, 4.69) is 26.0 Å². The zero-order chi connectivity index (χ0) is 28.6. The van der Waals surface area contributed by atoms with Crippen LogP contribution < -0.4 is 0 Å². The normalized spacial score (nSPS) is 48.5. The summed E-state index contributed by atoms with van der Waals surface area (Å²) in [7, 11) is 0. The van der Waals surface area contributed by atoms with E-state index in [0.29, 0.717) is 5.92 Å². The van der Waals surface area contributed by atoms with Crippen molar-refractivity contribution in [2.24, 2.45) is 22.7 Å². The van der Waals surface area contributed by atoms with Crippen LogP contribution in [0, 0.1) is 22.7 Å². The van der Waals surface area contributed by atoms with Crippen LogP contribution in [0.2, 0.25) is 0 Å². The second kappa shape index (κ2) is 9.99. The molecule has 5 aliphatic rings. The van der Waals surface area contributed by atoms with Crippen molar-refractivity contribution in [1.82, 2.24) is 0 Å². The lowest BCUT2D eigenvalue weighted by atomic mass is 9.45. The van der Waals surface area contributed by atoms with E-state index in [1.807, 2.05) is 18.2 Å². The smallest absolute Gasteiger partial charge is 0.187 e. The fourth-order valence-electron chi connectivity index (χ4n) is 9.58. The van der Waals surface area contributed by atoms with Crippen LogP contribution in [-0.4, -0.2) is 68.6 Å². The Morgan fingerprint density at radius 3 is 2.50 bits per heavy atom. The van der Waals surface area contributed by atoms with Crippen molar-refractivity contribution < 1.29 is 34.7 Å². The number of ketones is 1. The molecule has 12 atom stereocenters. The first kappa shape index (κ1) is 28.5. The average molecular weight is 555 g/mol. The van der Waals surface area contributed by atoms with Crippen molar-refractivity contribution in [3.8, 4) is 0 Å². The summed E-state index contributed by atoms with van der Waals surface area (Å²) in [5, 5.41) is 43.2. The summed E-state index contributed by atoms with van der Waals surface area (Å²) in [5.41, 5.74) is 2.33. The van der Waals surface area contributed by atoms with Gasteiger partial charge >= 0.3 is 0 Å². The molecule has 1 saturated heterocycles. The molecule has 0 unspecified atom stereocenters. The van der Waals surface area contributed by atoms with Gasteiger partial charge < -0.3 is 29.9 Å². The molecule has 0 amide bonds. The van der Waals surface area contributed by atoms with Crippen molar-refractivity contribution in [2.75, 3.05) is 0 Å². The molecule has 1 aromatic rings. The van der Waals surface area contributed by atoms with Crippen LogP contribution in [0.15, 0.2) is 35.9 Å². The molecule has 6 rings (SSSR count). The van der Waals surface area contributed by atoms with Gasteiger partial charge in [-0.15, -0.1) is 0 Å². The standard InChI is InChI=1S/C33H46O7/c1-18(34)20-6-5-7-21(16-20)24-12-15-33(38)26-9-8-22-17-23(40-30-29(37)28(36)27(35)19(2)39-30)10-13-31(22,3)25(26)11-14-32(24,33)4/h5-7,16-17,19,23-30,35-38H,8-15H2,1-4H3/t19-,23-,24+,25-,26+,27-,28+,29+,30-,31-,32+,33-/m0/s1. The molecular formula is C33H46O7. The highest BCUT2D eigenvalue weighted by Crippen LogP contribution is 2.70. The quantitative estimate of drug-likeness (QED) is 0.325. The van der Waals surface area contributed by atoms with Gasteiger partial charge in [-0.1, -0.05) is 43.7 Å². The lowest BCUT2D eigenvalue weighted by Crippen LogP contribution is -2.60. The van der Waals surface area contributed by atoms with Gasteiger partial charge in [0.25, 0.3) is 0 Å². The number of hydrogen-bond acceptors (Lipinski definition) is 7. The predicted molar refractivity (Wildman–Crippen MR) is 150 cm³/mol. The Morgan fingerprint density at radius 1 is 0.975 bits per heavy atom. The van der Waals surface area contributed by atoms with Crippen LogP contribution in [0.1, 0.15) is 101 Å². The summed E-state index contributed by atoms with van der Waals surface area (Å²) < 4.78 is 11.9. The third-order valence-electron chi connectivity index (χ3n) is 12.1. The SMILES string of the molecule is CC(=O)c1cccc([C@H]2CC[C@]3(O)[C@@H]4CCC5=C[C@@H](O[C@@H]6O[C@@H](C)[C@H](O)[C@@H](O)[C@H]6O)CC[C@]5(C)[C@H]4CC[C@]23C)c1. The molecule has 4 aliphatic carbocycles. The van der Waals surface area contributed by atoms with E-state index >= 15 is 0 Å². The first-order valence-electron chi connectivity index (χ1n) is 15.3. The van der Waals surface area contributed by atoms with Gasteiger partial charge in [0.1, 0.15) is 18.3 Å². The Balaban J connectivity index is 1.21. The molecule has 4 N–H and O–H groups in total. The third-order valence-corrected chi connectivity index (χ3v) is 12.1. The van der Waals surface area contributed by atoms with Crippen LogP contribution in [0.25, 0.3) is 0 Å². The van der Waals surface area contributed by atoms with E-state index < -0.39 is 36.3 Å². The number of allylic oxidation sites excluding steroid dienone is 1. The number of fused-ring (bicyclic) bond motifs is 5. The molecule has 220 valence electrons. The molecule has 3 saturated carbocycles. The summed E-state index contributed by atoms with van der Waals surface area (Å²) in [6.45, 7) is 7.95. The van der Waals surface area contributed by atoms with E-state index in [1.54, 1.807) is 13.8 Å². The second-order valence-electron chi connectivity index (χ2n) is 13.9. The van der Waals surface area contributed by atoms with Crippen LogP contribution in [0.4, 0.5) is 0 Å². The number of aliphatic hydroxyl groups is 4. The van der Waals surface area contributed by atoms with Crippen molar-refractivity contribution in [2.45, 2.75) is 127 Å². The maximum absolute atomic E-state index is 12.5. The summed E-state index contributed by atoms with van der Waals surface area (Å²) in [6.07, 6.45) is 3.95. The molecule has 0 spiro atoms. The lowest BCUT2D eigenvalue weighted by molar-refractivity contribution is -0.301. The van der Waals surface area contributed by atoms with Crippen LogP contribution in [0.5, 0.6) is 0 Å². The molecule has 7 heteroatoms. The molecule has 1 heterocycles. The largest absolute Gasteiger partial charge is 0.389 e. The monoisotopic (exact) mass is 554 g/mol. The second-order valence-corrected chi connectivity index (χ2v) is 13.9. The Bertz CT molecular complexity index is 1180. The fraction of sp³-hybridized carbons (Fsp3) is 0.727. The number of carbonyl (C=O) groups excluding carboxylic acids is 1.